The van der Waals surface area contributed by atoms with Crippen LogP contribution >= 0.6 is 0 Å². The smallest absolute Gasteiger partial charge is 0.221 e. The van der Waals surface area contributed by atoms with Gasteiger partial charge in [-0.2, -0.15) is 0 Å². The Kier molecular flexibility index (Phi) is 4.72. The van der Waals surface area contributed by atoms with E-state index in [1.165, 1.54) is 0 Å². The Hall–Kier alpha value is -3.73. The van der Waals surface area contributed by atoms with Crippen LogP contribution in [0.5, 0.6) is 0 Å². The number of hydrogen-bond acceptors (Lipinski definition) is 3. The van der Waals surface area contributed by atoms with E-state index in [4.69, 9.17) is 10.7 Å². The highest BCUT2D eigenvalue weighted by molar-refractivity contribution is 5.96. The number of hydrogen-bond donors (Lipinski definition) is 1. The SMILES string of the molecule is NC(=O)Cc1c2cccn(CC(=O)c3ccccc3)c-2nc1-c1ccccc1. The van der Waals surface area contributed by atoms with Crippen LogP contribution in [0.4, 0.5) is 0 Å². The number of amides is 1. The predicted octanol–water partition coefficient (Wildman–Crippen LogP) is 3.57. The largest absolute Gasteiger partial charge is 0.369 e. The van der Waals surface area contributed by atoms with Crippen LogP contribution in [0.3, 0.4) is 0 Å². The molecule has 2 aliphatic rings. The van der Waals surface area contributed by atoms with Crippen molar-refractivity contribution in [3.63, 3.8) is 0 Å². The predicted molar refractivity (Wildman–Crippen MR) is 108 cm³/mol. The molecule has 0 fully saturated rings. The monoisotopic (exact) mass is 369 g/mol. The molecule has 0 radical (unpaired) electrons. The summed E-state index contributed by atoms with van der Waals surface area (Å²) in [5.74, 6) is 0.253. The maximum atomic E-state index is 12.7. The minimum atomic E-state index is -0.415. The number of ketones is 1. The summed E-state index contributed by atoms with van der Waals surface area (Å²) >= 11 is 0. The molecule has 0 spiro atoms. The summed E-state index contributed by atoms with van der Waals surface area (Å²) in [5, 5.41) is 0. The highest BCUT2D eigenvalue weighted by atomic mass is 16.1. The Morgan fingerprint density at radius 3 is 2.25 bits per heavy atom. The van der Waals surface area contributed by atoms with E-state index in [1.807, 2.05) is 71.4 Å². The Labute approximate surface area is 162 Å². The molecule has 2 aliphatic heterocycles. The number of primary amides is 1. The van der Waals surface area contributed by atoms with E-state index in [1.54, 1.807) is 12.1 Å². The van der Waals surface area contributed by atoms with Crippen LogP contribution in [0.15, 0.2) is 79.0 Å². The minimum absolute atomic E-state index is 0.00110. The molecular weight excluding hydrogens is 350 g/mol. The molecule has 2 heterocycles. The fraction of sp³-hybridized carbons (Fsp3) is 0.0870. The van der Waals surface area contributed by atoms with Crippen LogP contribution in [0.2, 0.25) is 0 Å². The van der Waals surface area contributed by atoms with Gasteiger partial charge in [-0.25, -0.2) is 4.98 Å². The van der Waals surface area contributed by atoms with Gasteiger partial charge in [-0.05, 0) is 17.7 Å². The molecule has 138 valence electrons. The van der Waals surface area contributed by atoms with Gasteiger partial charge in [0.15, 0.2) is 5.78 Å². The maximum absolute atomic E-state index is 12.7. The van der Waals surface area contributed by atoms with Crippen LogP contribution in [0, 0.1) is 0 Å². The van der Waals surface area contributed by atoms with Gasteiger partial charge in [-0.3, -0.25) is 9.59 Å². The zero-order chi connectivity index (χ0) is 19.5. The second kappa shape index (κ2) is 7.48. The molecular formula is C23H19N3O2. The third-order valence-corrected chi connectivity index (χ3v) is 4.68. The number of nitrogens with zero attached hydrogens (tertiary/aromatic N) is 2. The van der Waals surface area contributed by atoms with Crippen LogP contribution in [-0.2, 0) is 17.8 Å². The Morgan fingerprint density at radius 1 is 0.893 bits per heavy atom. The zero-order valence-corrected chi connectivity index (χ0v) is 15.2. The van der Waals surface area contributed by atoms with Crippen molar-refractivity contribution in [3.8, 4) is 22.6 Å². The van der Waals surface area contributed by atoms with E-state index >= 15 is 0 Å². The van der Waals surface area contributed by atoms with Gasteiger partial charge in [-0.1, -0.05) is 60.7 Å². The number of rotatable bonds is 6. The van der Waals surface area contributed by atoms with E-state index in [0.717, 1.165) is 22.4 Å². The topological polar surface area (TPSA) is 78.0 Å². The average Bonchev–Trinajstić information content (AvgIpc) is 3.08. The van der Waals surface area contributed by atoms with Gasteiger partial charge in [0, 0.05) is 22.9 Å². The molecule has 0 saturated carbocycles. The standard InChI is InChI=1S/C23H19N3O2/c24-21(28)14-19-18-12-7-13-26(15-20(27)16-8-3-1-4-9-16)23(18)25-22(19)17-10-5-2-6-11-17/h1-13H,14-15H2,(H2,24,28). The minimum Gasteiger partial charge on any atom is -0.369 e. The van der Waals surface area contributed by atoms with Gasteiger partial charge in [-0.15, -0.1) is 0 Å². The summed E-state index contributed by atoms with van der Waals surface area (Å²) in [6.45, 7) is 0.169. The summed E-state index contributed by atoms with van der Waals surface area (Å²) in [4.78, 5) is 29.1. The van der Waals surface area contributed by atoms with E-state index in [9.17, 15) is 9.59 Å². The van der Waals surface area contributed by atoms with Gasteiger partial charge >= 0.3 is 0 Å². The van der Waals surface area contributed by atoms with Crippen molar-refractivity contribution in [1.29, 1.82) is 0 Å². The first kappa shape index (κ1) is 17.7. The molecule has 2 aromatic carbocycles. The first-order valence-electron chi connectivity index (χ1n) is 9.03. The molecule has 1 amide bonds. The lowest BCUT2D eigenvalue weighted by atomic mass is 10.0. The quantitative estimate of drug-likeness (QED) is 0.528. The van der Waals surface area contributed by atoms with Gasteiger partial charge < -0.3 is 10.3 Å². The number of fused-ring (bicyclic) bond motifs is 1. The van der Waals surface area contributed by atoms with Crippen molar-refractivity contribution in [2.24, 2.45) is 5.73 Å². The maximum Gasteiger partial charge on any atom is 0.221 e. The average molecular weight is 369 g/mol. The van der Waals surface area contributed by atoms with Gasteiger partial charge in [0.2, 0.25) is 5.91 Å². The lowest BCUT2D eigenvalue weighted by molar-refractivity contribution is -0.117. The number of Topliss-reactive ketones (excluding diaryl/α,β-unsaturated/α-hetero) is 1. The zero-order valence-electron chi connectivity index (χ0n) is 15.2. The Bertz CT molecular complexity index is 1100. The fourth-order valence-corrected chi connectivity index (χ4v) is 3.39. The molecule has 2 N–H and O–H groups in total. The molecule has 4 rings (SSSR count). The molecule has 0 aliphatic carbocycles. The van der Waals surface area contributed by atoms with Crippen LogP contribution in [0.1, 0.15) is 15.9 Å². The fourth-order valence-electron chi connectivity index (χ4n) is 3.39. The first-order valence-corrected chi connectivity index (χ1v) is 9.03. The summed E-state index contributed by atoms with van der Waals surface area (Å²) in [6.07, 6.45) is 1.93. The molecule has 0 unspecified atom stereocenters. The summed E-state index contributed by atoms with van der Waals surface area (Å²) in [5.41, 5.74) is 9.40. The summed E-state index contributed by atoms with van der Waals surface area (Å²) in [6, 6.07) is 22.6. The van der Waals surface area contributed by atoms with E-state index in [0.29, 0.717) is 11.4 Å². The van der Waals surface area contributed by atoms with Crippen LogP contribution < -0.4 is 5.73 Å². The van der Waals surface area contributed by atoms with Crippen molar-refractivity contribution in [3.05, 3.63) is 90.1 Å². The third kappa shape index (κ3) is 3.42. The number of carbonyl (C=O) groups is 2. The van der Waals surface area contributed by atoms with Gasteiger partial charge in [0.25, 0.3) is 0 Å². The van der Waals surface area contributed by atoms with Crippen molar-refractivity contribution in [2.75, 3.05) is 0 Å². The van der Waals surface area contributed by atoms with Crippen molar-refractivity contribution in [2.45, 2.75) is 13.0 Å². The highest BCUT2D eigenvalue weighted by Gasteiger charge is 2.23. The molecule has 0 bridgehead atoms. The molecule has 0 atom stereocenters. The summed E-state index contributed by atoms with van der Waals surface area (Å²) < 4.78 is 1.82. The second-order valence-corrected chi connectivity index (χ2v) is 6.61. The number of nitrogens with two attached hydrogens (primary N) is 1. The van der Waals surface area contributed by atoms with Crippen LogP contribution in [0.25, 0.3) is 22.6 Å². The van der Waals surface area contributed by atoms with E-state index in [2.05, 4.69) is 0 Å². The molecule has 0 aromatic heterocycles. The molecule has 28 heavy (non-hydrogen) atoms. The number of carbonyl (C=O) groups excluding carboxylic acids is 2. The first-order chi connectivity index (χ1) is 13.6. The second-order valence-electron chi connectivity index (χ2n) is 6.61. The van der Waals surface area contributed by atoms with E-state index < -0.39 is 5.91 Å². The van der Waals surface area contributed by atoms with E-state index in [-0.39, 0.29) is 18.7 Å². The van der Waals surface area contributed by atoms with Crippen molar-refractivity contribution < 1.29 is 9.59 Å². The van der Waals surface area contributed by atoms with Gasteiger partial charge in [0.05, 0.1) is 18.7 Å². The van der Waals surface area contributed by atoms with Crippen molar-refractivity contribution in [1.82, 2.24) is 9.55 Å². The number of pyridine rings is 1. The van der Waals surface area contributed by atoms with Crippen LogP contribution in [-0.4, -0.2) is 21.2 Å². The van der Waals surface area contributed by atoms with Crippen molar-refractivity contribution >= 4 is 11.7 Å². The summed E-state index contributed by atoms with van der Waals surface area (Å²) in [7, 11) is 0. The van der Waals surface area contributed by atoms with Gasteiger partial charge in [0.1, 0.15) is 5.82 Å². The number of aromatic nitrogens is 2. The molecule has 2 aromatic rings. The lowest BCUT2D eigenvalue weighted by Gasteiger charge is -2.11. The molecule has 0 saturated heterocycles. The normalized spacial score (nSPS) is 10.9. The Balaban J connectivity index is 1.79. The Morgan fingerprint density at radius 2 is 1.57 bits per heavy atom. The lowest BCUT2D eigenvalue weighted by Crippen LogP contribution is -2.15. The molecule has 5 nitrogen and oxygen atoms in total. The number of benzene rings is 2. The third-order valence-electron chi connectivity index (χ3n) is 4.68. The highest BCUT2D eigenvalue weighted by Crippen LogP contribution is 2.35. The molecule has 5 heteroatoms.